The number of carbonyl (C=O) groups is 1. The predicted molar refractivity (Wildman–Crippen MR) is 67.6 cm³/mol. The van der Waals surface area contributed by atoms with Crippen LogP contribution in [0.1, 0.15) is 23.2 Å². The molecule has 0 atom stereocenters. The fraction of sp³-hybridized carbons (Fsp3) is 0.231. The maximum Gasteiger partial charge on any atom is 0.335 e. The molecule has 3 N–H and O–H groups in total. The number of anilines is 1. The van der Waals surface area contributed by atoms with E-state index in [1.54, 1.807) is 24.5 Å². The minimum atomic E-state index is -0.937. The lowest BCUT2D eigenvalue weighted by atomic mass is 10.1. The summed E-state index contributed by atoms with van der Waals surface area (Å²) in [6, 6.07) is 5.48. The van der Waals surface area contributed by atoms with Gasteiger partial charge in [-0.1, -0.05) is 0 Å². The van der Waals surface area contributed by atoms with Crippen molar-refractivity contribution >= 4 is 11.8 Å². The monoisotopic (exact) mass is 243 g/mol. The molecule has 0 bridgehead atoms. The Labute approximate surface area is 104 Å². The molecule has 3 rings (SSSR count). The van der Waals surface area contributed by atoms with Crippen LogP contribution in [0.5, 0.6) is 0 Å². The van der Waals surface area contributed by atoms with Crippen molar-refractivity contribution in [2.45, 2.75) is 18.9 Å². The molecule has 1 saturated carbocycles. The van der Waals surface area contributed by atoms with Crippen LogP contribution in [-0.2, 0) is 0 Å². The van der Waals surface area contributed by atoms with Gasteiger partial charge in [0.05, 0.1) is 11.3 Å². The van der Waals surface area contributed by atoms with Crippen molar-refractivity contribution in [3.8, 4) is 11.3 Å². The average molecular weight is 243 g/mol. The number of nitrogens with zero attached hydrogens (tertiary/aromatic N) is 1. The number of rotatable bonds is 4. The van der Waals surface area contributed by atoms with Gasteiger partial charge in [-0.15, -0.1) is 0 Å². The largest absolute Gasteiger partial charge is 0.478 e. The van der Waals surface area contributed by atoms with Crippen LogP contribution in [0.25, 0.3) is 11.3 Å². The molecule has 5 heteroatoms. The maximum absolute atomic E-state index is 11.1. The van der Waals surface area contributed by atoms with E-state index in [0.717, 1.165) is 18.4 Å². The van der Waals surface area contributed by atoms with Gasteiger partial charge in [0, 0.05) is 24.0 Å². The van der Waals surface area contributed by atoms with Crippen molar-refractivity contribution < 1.29 is 9.90 Å². The summed E-state index contributed by atoms with van der Waals surface area (Å²) in [5.74, 6) is -0.304. The minimum Gasteiger partial charge on any atom is -0.478 e. The van der Waals surface area contributed by atoms with E-state index in [9.17, 15) is 4.79 Å². The van der Waals surface area contributed by atoms with Gasteiger partial charge in [0.1, 0.15) is 5.82 Å². The van der Waals surface area contributed by atoms with Crippen LogP contribution >= 0.6 is 0 Å². The second kappa shape index (κ2) is 4.18. The molecule has 1 fully saturated rings. The molecular weight excluding hydrogens is 230 g/mol. The van der Waals surface area contributed by atoms with E-state index < -0.39 is 5.97 Å². The van der Waals surface area contributed by atoms with Crippen molar-refractivity contribution in [3.63, 3.8) is 0 Å². The van der Waals surface area contributed by atoms with Crippen molar-refractivity contribution in [3.05, 3.63) is 36.2 Å². The number of nitrogens with one attached hydrogen (secondary N) is 2. The normalized spacial score (nSPS) is 14.4. The molecule has 2 aromatic rings. The smallest absolute Gasteiger partial charge is 0.335 e. The zero-order valence-electron chi connectivity index (χ0n) is 9.68. The number of aromatic nitrogens is 2. The molecule has 0 saturated heterocycles. The van der Waals surface area contributed by atoms with E-state index in [0.29, 0.717) is 17.6 Å². The van der Waals surface area contributed by atoms with Crippen LogP contribution in [0.2, 0.25) is 0 Å². The first-order valence-corrected chi connectivity index (χ1v) is 5.87. The third kappa shape index (κ3) is 2.20. The highest BCUT2D eigenvalue weighted by atomic mass is 16.4. The Bertz CT molecular complexity index is 574. The van der Waals surface area contributed by atoms with Gasteiger partial charge in [-0.05, 0) is 31.0 Å². The van der Waals surface area contributed by atoms with Gasteiger partial charge in [0.2, 0.25) is 0 Å². The number of pyridine rings is 1. The van der Waals surface area contributed by atoms with Crippen LogP contribution in [-0.4, -0.2) is 27.1 Å². The molecule has 0 amide bonds. The van der Waals surface area contributed by atoms with Crippen molar-refractivity contribution in [1.82, 2.24) is 9.97 Å². The van der Waals surface area contributed by atoms with Crippen LogP contribution in [0, 0.1) is 0 Å². The number of hydrogen-bond donors (Lipinski definition) is 3. The standard InChI is InChI=1S/C13H13N3O2/c17-13(18)9-5-11(8-3-4-14-7-8)16-12(6-9)15-10-1-2-10/h3-7,10,14H,1-2H2,(H,15,16)(H,17,18). The summed E-state index contributed by atoms with van der Waals surface area (Å²) < 4.78 is 0. The lowest BCUT2D eigenvalue weighted by Gasteiger charge is -2.07. The number of hydrogen-bond acceptors (Lipinski definition) is 3. The Hall–Kier alpha value is -2.30. The summed E-state index contributed by atoms with van der Waals surface area (Å²) in [6.07, 6.45) is 5.84. The maximum atomic E-state index is 11.1. The van der Waals surface area contributed by atoms with Gasteiger partial charge in [0.25, 0.3) is 0 Å². The second-order valence-corrected chi connectivity index (χ2v) is 4.45. The third-order valence-corrected chi connectivity index (χ3v) is 2.90. The highest BCUT2D eigenvalue weighted by Gasteiger charge is 2.22. The van der Waals surface area contributed by atoms with E-state index in [1.807, 2.05) is 6.07 Å². The summed E-state index contributed by atoms with van der Waals surface area (Å²) in [4.78, 5) is 18.5. The average Bonchev–Trinajstić information content (AvgIpc) is 2.99. The molecule has 18 heavy (non-hydrogen) atoms. The molecule has 2 aromatic heterocycles. The Balaban J connectivity index is 2.01. The van der Waals surface area contributed by atoms with Gasteiger partial charge in [0.15, 0.2) is 0 Å². The molecule has 92 valence electrons. The number of carboxylic acid groups (broad SMARTS) is 1. The van der Waals surface area contributed by atoms with E-state index in [4.69, 9.17) is 5.11 Å². The highest BCUT2D eigenvalue weighted by molar-refractivity contribution is 5.90. The molecule has 0 aromatic carbocycles. The summed E-state index contributed by atoms with van der Waals surface area (Å²) >= 11 is 0. The highest BCUT2D eigenvalue weighted by Crippen LogP contribution is 2.26. The number of H-pyrrole nitrogens is 1. The molecule has 0 radical (unpaired) electrons. The van der Waals surface area contributed by atoms with Gasteiger partial charge < -0.3 is 15.4 Å². The van der Waals surface area contributed by atoms with E-state index in [-0.39, 0.29) is 5.56 Å². The molecule has 0 unspecified atom stereocenters. The van der Waals surface area contributed by atoms with E-state index in [1.165, 1.54) is 0 Å². The van der Waals surface area contributed by atoms with Crippen LogP contribution in [0.15, 0.2) is 30.6 Å². The summed E-state index contributed by atoms with van der Waals surface area (Å²) in [7, 11) is 0. The quantitative estimate of drug-likeness (QED) is 0.770. The van der Waals surface area contributed by atoms with Gasteiger partial charge in [-0.3, -0.25) is 0 Å². The van der Waals surface area contributed by atoms with Crippen LogP contribution < -0.4 is 5.32 Å². The first kappa shape index (κ1) is 10.8. The van der Waals surface area contributed by atoms with E-state index in [2.05, 4.69) is 15.3 Å². The van der Waals surface area contributed by atoms with Crippen LogP contribution in [0.3, 0.4) is 0 Å². The summed E-state index contributed by atoms with van der Waals surface area (Å²) in [5, 5.41) is 12.3. The van der Waals surface area contributed by atoms with Gasteiger partial charge in [-0.25, -0.2) is 9.78 Å². The number of carboxylic acids is 1. The molecule has 0 aliphatic heterocycles. The van der Waals surface area contributed by atoms with Crippen molar-refractivity contribution in [1.29, 1.82) is 0 Å². The molecule has 5 nitrogen and oxygen atoms in total. The second-order valence-electron chi connectivity index (χ2n) is 4.45. The van der Waals surface area contributed by atoms with Gasteiger partial charge in [-0.2, -0.15) is 0 Å². The predicted octanol–water partition coefficient (Wildman–Crippen LogP) is 2.35. The first-order valence-electron chi connectivity index (χ1n) is 5.87. The lowest BCUT2D eigenvalue weighted by molar-refractivity contribution is 0.0697. The number of aromatic amines is 1. The Morgan fingerprint density at radius 3 is 2.89 bits per heavy atom. The zero-order chi connectivity index (χ0) is 12.5. The molecule has 1 aliphatic rings. The molecule has 0 spiro atoms. The molecule has 2 heterocycles. The fourth-order valence-electron chi connectivity index (χ4n) is 1.80. The topological polar surface area (TPSA) is 78.0 Å². The number of aromatic carboxylic acids is 1. The minimum absolute atomic E-state index is 0.254. The molecular formula is C13H13N3O2. The zero-order valence-corrected chi connectivity index (χ0v) is 9.68. The van der Waals surface area contributed by atoms with Crippen molar-refractivity contribution in [2.75, 3.05) is 5.32 Å². The molecule has 1 aliphatic carbocycles. The summed E-state index contributed by atoms with van der Waals surface area (Å²) in [6.45, 7) is 0. The SMILES string of the molecule is O=C(O)c1cc(NC2CC2)nc(-c2cc[nH]c2)c1. The van der Waals surface area contributed by atoms with Crippen molar-refractivity contribution in [2.24, 2.45) is 0 Å². The third-order valence-electron chi connectivity index (χ3n) is 2.90. The Morgan fingerprint density at radius 2 is 2.28 bits per heavy atom. The lowest BCUT2D eigenvalue weighted by Crippen LogP contribution is -2.06. The van der Waals surface area contributed by atoms with Gasteiger partial charge >= 0.3 is 5.97 Å². The fourth-order valence-corrected chi connectivity index (χ4v) is 1.80. The van der Waals surface area contributed by atoms with Crippen LogP contribution in [0.4, 0.5) is 5.82 Å². The van der Waals surface area contributed by atoms with E-state index >= 15 is 0 Å². The Kier molecular flexibility index (Phi) is 2.51. The summed E-state index contributed by atoms with van der Waals surface area (Å²) in [5.41, 5.74) is 1.81. The first-order chi connectivity index (χ1) is 8.72. The Morgan fingerprint density at radius 1 is 1.44 bits per heavy atom.